The van der Waals surface area contributed by atoms with E-state index < -0.39 is 10.0 Å². The van der Waals surface area contributed by atoms with Crippen LogP contribution in [0.25, 0.3) is 11.4 Å². The van der Waals surface area contributed by atoms with E-state index in [1.807, 2.05) is 12.1 Å². The van der Waals surface area contributed by atoms with Gasteiger partial charge >= 0.3 is 0 Å². The molecule has 4 rings (SSSR count). The summed E-state index contributed by atoms with van der Waals surface area (Å²) >= 11 is 18.0. The van der Waals surface area contributed by atoms with Gasteiger partial charge in [-0.05, 0) is 36.4 Å². The fourth-order valence-electron chi connectivity index (χ4n) is 3.18. The lowest BCUT2D eigenvalue weighted by Crippen LogP contribution is -2.48. The number of hydrogen-bond acceptors (Lipinski definition) is 6. The van der Waals surface area contributed by atoms with E-state index in [1.165, 1.54) is 10.4 Å². The molecule has 0 saturated carbocycles. The van der Waals surface area contributed by atoms with Crippen LogP contribution < -0.4 is 0 Å². The minimum Gasteiger partial charge on any atom is -0.338 e. The molecule has 11 heteroatoms. The van der Waals surface area contributed by atoms with Crippen LogP contribution in [0.2, 0.25) is 15.1 Å². The fourth-order valence-corrected chi connectivity index (χ4v) is 5.46. The molecule has 1 aromatic heterocycles. The molecule has 0 unspecified atom stereocenters. The summed E-state index contributed by atoms with van der Waals surface area (Å²) in [5.74, 6) is 0.952. The predicted octanol–water partition coefficient (Wildman–Crippen LogP) is 4.20. The predicted molar refractivity (Wildman–Crippen MR) is 115 cm³/mol. The number of benzene rings is 2. The molecule has 158 valence electrons. The number of hydrogen-bond donors (Lipinski definition) is 0. The molecule has 0 radical (unpaired) electrons. The second-order valence-electron chi connectivity index (χ2n) is 6.75. The van der Waals surface area contributed by atoms with Crippen LogP contribution in [0, 0.1) is 0 Å². The molecule has 0 bridgehead atoms. The van der Waals surface area contributed by atoms with Crippen molar-refractivity contribution in [2.24, 2.45) is 0 Å². The number of sulfonamides is 1. The zero-order chi connectivity index (χ0) is 21.3. The average molecular weight is 488 g/mol. The molecular formula is C19H17Cl3N4O3S. The van der Waals surface area contributed by atoms with Gasteiger partial charge < -0.3 is 4.52 Å². The number of piperazine rings is 1. The minimum absolute atomic E-state index is 0.0228. The Labute approximate surface area is 189 Å². The summed E-state index contributed by atoms with van der Waals surface area (Å²) in [6, 6.07) is 11.8. The van der Waals surface area contributed by atoms with Crippen LogP contribution >= 0.6 is 34.8 Å². The first-order valence-corrected chi connectivity index (χ1v) is 11.7. The van der Waals surface area contributed by atoms with Crippen molar-refractivity contribution in [3.05, 3.63) is 63.4 Å². The van der Waals surface area contributed by atoms with Crippen LogP contribution in [0.1, 0.15) is 5.89 Å². The highest BCUT2D eigenvalue weighted by atomic mass is 35.5. The molecule has 3 aromatic rings. The van der Waals surface area contributed by atoms with Gasteiger partial charge in [0, 0.05) is 36.8 Å². The number of halogens is 3. The van der Waals surface area contributed by atoms with E-state index in [1.54, 1.807) is 24.3 Å². The highest BCUT2D eigenvalue weighted by molar-refractivity contribution is 7.89. The van der Waals surface area contributed by atoms with E-state index in [4.69, 9.17) is 39.3 Å². The van der Waals surface area contributed by atoms with Crippen molar-refractivity contribution in [3.8, 4) is 11.4 Å². The average Bonchev–Trinajstić information content (AvgIpc) is 3.19. The summed E-state index contributed by atoms with van der Waals surface area (Å²) in [6.07, 6.45) is 0. The molecule has 1 aliphatic heterocycles. The maximum atomic E-state index is 12.9. The lowest BCUT2D eigenvalue weighted by atomic mass is 10.2. The zero-order valence-corrected chi connectivity index (χ0v) is 18.7. The van der Waals surface area contributed by atoms with Crippen molar-refractivity contribution in [1.29, 1.82) is 0 Å². The molecule has 1 fully saturated rings. The summed E-state index contributed by atoms with van der Waals surface area (Å²) < 4.78 is 32.6. The summed E-state index contributed by atoms with van der Waals surface area (Å²) in [7, 11) is -3.72. The Balaban J connectivity index is 1.39. The molecule has 1 aliphatic rings. The molecule has 0 spiro atoms. The molecule has 2 aromatic carbocycles. The van der Waals surface area contributed by atoms with Gasteiger partial charge in [-0.2, -0.15) is 9.29 Å². The van der Waals surface area contributed by atoms with Gasteiger partial charge in [0.1, 0.15) is 4.90 Å². The maximum absolute atomic E-state index is 12.9. The summed E-state index contributed by atoms with van der Waals surface area (Å²) in [6.45, 7) is 2.13. The molecule has 1 saturated heterocycles. The monoisotopic (exact) mass is 486 g/mol. The molecule has 0 amide bonds. The molecule has 30 heavy (non-hydrogen) atoms. The first-order chi connectivity index (χ1) is 14.3. The number of nitrogens with zero attached hydrogens (tertiary/aromatic N) is 4. The standard InChI is InChI=1S/C19H17Cl3N4O3S/c20-14-6-4-13(5-7-14)19-23-17(29-24-19)12-25-8-10-26(11-9-25)30(27,28)16-3-1-2-15(21)18(16)22/h1-7H,8-12H2. The zero-order valence-electron chi connectivity index (χ0n) is 15.6. The van der Waals surface area contributed by atoms with Gasteiger partial charge in [0.2, 0.25) is 21.7 Å². The van der Waals surface area contributed by atoms with E-state index in [-0.39, 0.29) is 14.9 Å². The van der Waals surface area contributed by atoms with Gasteiger partial charge in [0.25, 0.3) is 0 Å². The van der Waals surface area contributed by atoms with Crippen LogP contribution in [0.4, 0.5) is 0 Å². The van der Waals surface area contributed by atoms with E-state index >= 15 is 0 Å². The number of rotatable bonds is 5. The van der Waals surface area contributed by atoms with E-state index in [0.717, 1.165) is 5.56 Å². The quantitative estimate of drug-likeness (QED) is 0.536. The van der Waals surface area contributed by atoms with Crippen LogP contribution in [-0.4, -0.2) is 53.9 Å². The lowest BCUT2D eigenvalue weighted by Gasteiger charge is -2.33. The Morgan fingerprint density at radius 1 is 0.967 bits per heavy atom. The molecule has 0 N–H and O–H groups in total. The van der Waals surface area contributed by atoms with Crippen LogP contribution in [0.5, 0.6) is 0 Å². The Bertz CT molecular complexity index is 1140. The topological polar surface area (TPSA) is 79.5 Å². The molecule has 0 atom stereocenters. The van der Waals surface area contributed by atoms with Crippen molar-refractivity contribution in [3.63, 3.8) is 0 Å². The Morgan fingerprint density at radius 2 is 1.67 bits per heavy atom. The van der Waals surface area contributed by atoms with Gasteiger partial charge in [-0.25, -0.2) is 8.42 Å². The van der Waals surface area contributed by atoms with Crippen LogP contribution in [-0.2, 0) is 16.6 Å². The van der Waals surface area contributed by atoms with Crippen molar-refractivity contribution in [2.75, 3.05) is 26.2 Å². The van der Waals surface area contributed by atoms with Crippen LogP contribution in [0.3, 0.4) is 0 Å². The van der Waals surface area contributed by atoms with Gasteiger partial charge in [0.05, 0.1) is 16.6 Å². The molecule has 7 nitrogen and oxygen atoms in total. The van der Waals surface area contributed by atoms with Crippen LogP contribution in [0.15, 0.2) is 51.9 Å². The third-order valence-corrected chi connectivity index (χ3v) is 7.92. The minimum atomic E-state index is -3.72. The molecule has 2 heterocycles. The largest absolute Gasteiger partial charge is 0.338 e. The van der Waals surface area contributed by atoms with Gasteiger partial charge in [-0.3, -0.25) is 4.90 Å². The van der Waals surface area contributed by atoms with E-state index in [9.17, 15) is 8.42 Å². The first kappa shape index (κ1) is 21.5. The molecule has 0 aliphatic carbocycles. The number of aromatic nitrogens is 2. The van der Waals surface area contributed by atoms with Gasteiger partial charge in [-0.1, -0.05) is 46.0 Å². The van der Waals surface area contributed by atoms with Crippen molar-refractivity contribution in [2.45, 2.75) is 11.4 Å². The highest BCUT2D eigenvalue weighted by Gasteiger charge is 2.31. The Morgan fingerprint density at radius 3 is 2.37 bits per heavy atom. The summed E-state index contributed by atoms with van der Waals surface area (Å²) in [5, 5.41) is 4.89. The second kappa shape index (κ2) is 8.82. The van der Waals surface area contributed by atoms with Gasteiger partial charge in [-0.15, -0.1) is 0 Å². The lowest BCUT2D eigenvalue weighted by molar-refractivity contribution is 0.163. The van der Waals surface area contributed by atoms with E-state index in [0.29, 0.717) is 49.5 Å². The SMILES string of the molecule is O=S(=O)(c1cccc(Cl)c1Cl)N1CCN(Cc2nc(-c3ccc(Cl)cc3)no2)CC1. The van der Waals surface area contributed by atoms with Crippen molar-refractivity contribution >= 4 is 44.8 Å². The van der Waals surface area contributed by atoms with Crippen molar-refractivity contribution < 1.29 is 12.9 Å². The first-order valence-electron chi connectivity index (χ1n) is 9.09. The smallest absolute Gasteiger partial charge is 0.244 e. The highest BCUT2D eigenvalue weighted by Crippen LogP contribution is 2.31. The van der Waals surface area contributed by atoms with E-state index in [2.05, 4.69) is 15.0 Å². The normalized spacial score (nSPS) is 16.1. The Kier molecular flexibility index (Phi) is 6.34. The Hall–Kier alpha value is -1.68. The maximum Gasteiger partial charge on any atom is 0.244 e. The summed E-state index contributed by atoms with van der Waals surface area (Å²) in [5.41, 5.74) is 0.809. The third-order valence-electron chi connectivity index (χ3n) is 4.79. The third kappa shape index (κ3) is 4.49. The second-order valence-corrected chi connectivity index (χ2v) is 9.88. The molecular weight excluding hydrogens is 471 g/mol. The summed E-state index contributed by atoms with van der Waals surface area (Å²) in [4.78, 5) is 6.50. The van der Waals surface area contributed by atoms with Gasteiger partial charge in [0.15, 0.2) is 0 Å². The fraction of sp³-hybridized carbons (Fsp3) is 0.263. The van der Waals surface area contributed by atoms with Crippen molar-refractivity contribution in [1.82, 2.24) is 19.3 Å².